The van der Waals surface area contributed by atoms with Crippen LogP contribution in [0.3, 0.4) is 0 Å². The summed E-state index contributed by atoms with van der Waals surface area (Å²) in [4.78, 5) is 3.89. The molecule has 0 aliphatic rings. The lowest BCUT2D eigenvalue weighted by Crippen LogP contribution is -2.03. The van der Waals surface area contributed by atoms with Gasteiger partial charge in [-0.15, -0.1) is 0 Å². The molecule has 1 heterocycles. The van der Waals surface area contributed by atoms with Crippen LogP contribution in [0.1, 0.15) is 5.56 Å². The molecule has 1 aromatic carbocycles. The normalized spacial score (nSPS) is 10.3. The van der Waals surface area contributed by atoms with Crippen molar-refractivity contribution < 1.29 is 4.39 Å². The minimum atomic E-state index is -0.451. The molecule has 0 bridgehead atoms. The van der Waals surface area contributed by atoms with E-state index in [0.717, 1.165) is 10.0 Å². The molecular weight excluding hydrogens is 307 g/mol. The van der Waals surface area contributed by atoms with E-state index in [1.807, 2.05) is 24.3 Å². The molecule has 2 rings (SSSR count). The highest BCUT2D eigenvalue weighted by atomic mass is 79.9. The fourth-order valence-corrected chi connectivity index (χ4v) is 1.97. The third-order valence-corrected chi connectivity index (χ3v) is 2.86. The van der Waals surface area contributed by atoms with E-state index in [-0.39, 0.29) is 10.8 Å². The van der Waals surface area contributed by atoms with Crippen LogP contribution in [-0.2, 0) is 6.54 Å². The number of nitrogens with one attached hydrogen (secondary N) is 1. The molecule has 5 heteroatoms. The van der Waals surface area contributed by atoms with Crippen molar-refractivity contribution in [2.45, 2.75) is 6.54 Å². The van der Waals surface area contributed by atoms with E-state index in [0.29, 0.717) is 6.54 Å². The Bertz CT molecular complexity index is 534. The fourth-order valence-electron chi connectivity index (χ4n) is 1.38. The van der Waals surface area contributed by atoms with Gasteiger partial charge < -0.3 is 5.32 Å². The molecule has 0 radical (unpaired) electrons. The van der Waals surface area contributed by atoms with Gasteiger partial charge in [0.15, 0.2) is 11.6 Å². The number of aromatic nitrogens is 1. The van der Waals surface area contributed by atoms with Gasteiger partial charge in [-0.25, -0.2) is 9.37 Å². The molecular formula is C12H9BrClFN2. The van der Waals surface area contributed by atoms with Gasteiger partial charge in [-0.2, -0.15) is 0 Å². The van der Waals surface area contributed by atoms with E-state index >= 15 is 0 Å². The van der Waals surface area contributed by atoms with Gasteiger partial charge in [-0.3, -0.25) is 0 Å². The van der Waals surface area contributed by atoms with Crippen molar-refractivity contribution in [3.8, 4) is 0 Å². The number of benzene rings is 1. The highest BCUT2D eigenvalue weighted by molar-refractivity contribution is 9.10. The highest BCUT2D eigenvalue weighted by Crippen LogP contribution is 2.17. The second-order valence-electron chi connectivity index (χ2n) is 3.47. The molecule has 2 nitrogen and oxygen atoms in total. The number of rotatable bonds is 3. The van der Waals surface area contributed by atoms with Crippen molar-refractivity contribution in [2.75, 3.05) is 5.32 Å². The smallest absolute Gasteiger partial charge is 0.166 e. The molecule has 1 aromatic heterocycles. The van der Waals surface area contributed by atoms with Gasteiger partial charge in [0, 0.05) is 17.2 Å². The molecule has 0 aliphatic carbocycles. The third kappa shape index (κ3) is 3.41. The monoisotopic (exact) mass is 314 g/mol. The Morgan fingerprint density at radius 3 is 2.88 bits per heavy atom. The van der Waals surface area contributed by atoms with Gasteiger partial charge in [0.2, 0.25) is 0 Å². The summed E-state index contributed by atoms with van der Waals surface area (Å²) in [5.74, 6) is -0.248. The van der Waals surface area contributed by atoms with Crippen molar-refractivity contribution in [3.63, 3.8) is 0 Å². The van der Waals surface area contributed by atoms with E-state index in [1.165, 1.54) is 12.3 Å². The zero-order valence-corrected chi connectivity index (χ0v) is 11.1. The lowest BCUT2D eigenvalue weighted by atomic mass is 10.2. The first-order chi connectivity index (χ1) is 8.15. The zero-order valence-electron chi connectivity index (χ0n) is 8.75. The van der Waals surface area contributed by atoms with Gasteiger partial charge in [-0.1, -0.05) is 39.7 Å². The summed E-state index contributed by atoms with van der Waals surface area (Å²) in [6.07, 6.45) is 1.41. The van der Waals surface area contributed by atoms with Crippen LogP contribution in [0.4, 0.5) is 10.2 Å². The summed E-state index contributed by atoms with van der Waals surface area (Å²) in [7, 11) is 0. The number of halogens is 3. The molecule has 0 spiro atoms. The predicted molar refractivity (Wildman–Crippen MR) is 70.7 cm³/mol. The Morgan fingerprint density at radius 2 is 2.18 bits per heavy atom. The largest absolute Gasteiger partial charge is 0.364 e. The Labute approximate surface area is 112 Å². The summed E-state index contributed by atoms with van der Waals surface area (Å²) in [6, 6.07) is 9.00. The predicted octanol–water partition coefficient (Wildman–Crippen LogP) is 4.25. The first kappa shape index (κ1) is 12.3. The van der Waals surface area contributed by atoms with Crippen LogP contribution in [0.15, 0.2) is 41.0 Å². The van der Waals surface area contributed by atoms with Crippen molar-refractivity contribution in [1.82, 2.24) is 4.98 Å². The first-order valence-corrected chi connectivity index (χ1v) is 6.11. The van der Waals surface area contributed by atoms with Crippen molar-refractivity contribution in [1.29, 1.82) is 0 Å². The van der Waals surface area contributed by atoms with Crippen LogP contribution in [0.5, 0.6) is 0 Å². The molecule has 0 atom stereocenters. The molecule has 2 aromatic rings. The van der Waals surface area contributed by atoms with Crippen molar-refractivity contribution in [2.24, 2.45) is 0 Å². The standard InChI is InChI=1S/C12H9BrClFN2/c13-9-3-1-2-8(4-9)6-16-12-11(15)5-10(14)7-17-12/h1-5,7H,6H2,(H,16,17). The Hall–Kier alpha value is -1.13. The van der Waals surface area contributed by atoms with Crippen LogP contribution in [0.2, 0.25) is 5.02 Å². The summed E-state index contributed by atoms with van der Waals surface area (Å²) in [5.41, 5.74) is 1.04. The highest BCUT2D eigenvalue weighted by Gasteiger charge is 2.04. The van der Waals surface area contributed by atoms with Crippen LogP contribution in [0, 0.1) is 5.82 Å². The molecule has 0 aliphatic heterocycles. The molecule has 0 saturated carbocycles. The number of hydrogen-bond acceptors (Lipinski definition) is 2. The SMILES string of the molecule is Fc1cc(Cl)cnc1NCc1cccc(Br)c1. The molecule has 0 amide bonds. The lowest BCUT2D eigenvalue weighted by Gasteiger charge is -2.07. The van der Waals surface area contributed by atoms with Gasteiger partial charge in [-0.05, 0) is 23.8 Å². The minimum Gasteiger partial charge on any atom is -0.364 e. The zero-order chi connectivity index (χ0) is 12.3. The molecule has 0 saturated heterocycles. The minimum absolute atomic E-state index is 0.203. The van der Waals surface area contributed by atoms with Gasteiger partial charge in [0.25, 0.3) is 0 Å². The average Bonchev–Trinajstić information content (AvgIpc) is 2.28. The fraction of sp³-hybridized carbons (Fsp3) is 0.0833. The Balaban J connectivity index is 2.07. The van der Waals surface area contributed by atoms with Gasteiger partial charge in [0.05, 0.1) is 5.02 Å². The lowest BCUT2D eigenvalue weighted by molar-refractivity contribution is 0.624. The Morgan fingerprint density at radius 1 is 1.35 bits per heavy atom. The van der Waals surface area contributed by atoms with E-state index in [1.54, 1.807) is 0 Å². The van der Waals surface area contributed by atoms with Crippen molar-refractivity contribution in [3.05, 3.63) is 57.4 Å². The third-order valence-electron chi connectivity index (χ3n) is 2.16. The van der Waals surface area contributed by atoms with E-state index in [2.05, 4.69) is 26.2 Å². The maximum Gasteiger partial charge on any atom is 0.166 e. The Kier molecular flexibility index (Phi) is 3.97. The summed E-state index contributed by atoms with van der Waals surface area (Å²) >= 11 is 9.00. The molecule has 0 fully saturated rings. The summed E-state index contributed by atoms with van der Waals surface area (Å²) < 4.78 is 14.4. The topological polar surface area (TPSA) is 24.9 Å². The van der Waals surface area contributed by atoms with E-state index < -0.39 is 5.82 Å². The molecule has 88 valence electrons. The quantitative estimate of drug-likeness (QED) is 0.916. The molecule has 0 unspecified atom stereocenters. The summed E-state index contributed by atoms with van der Waals surface area (Å²) in [5, 5.41) is 3.21. The molecule has 1 N–H and O–H groups in total. The van der Waals surface area contributed by atoms with E-state index in [9.17, 15) is 4.39 Å². The maximum absolute atomic E-state index is 13.4. The van der Waals surface area contributed by atoms with Crippen LogP contribution < -0.4 is 5.32 Å². The van der Waals surface area contributed by atoms with Gasteiger partial charge >= 0.3 is 0 Å². The summed E-state index contributed by atoms with van der Waals surface area (Å²) in [6.45, 7) is 0.505. The van der Waals surface area contributed by atoms with E-state index in [4.69, 9.17) is 11.6 Å². The number of pyridine rings is 1. The van der Waals surface area contributed by atoms with Crippen LogP contribution in [0.25, 0.3) is 0 Å². The van der Waals surface area contributed by atoms with Crippen molar-refractivity contribution >= 4 is 33.3 Å². The first-order valence-electron chi connectivity index (χ1n) is 4.94. The number of hydrogen-bond donors (Lipinski definition) is 1. The maximum atomic E-state index is 13.4. The van der Waals surface area contributed by atoms with Gasteiger partial charge in [0.1, 0.15) is 0 Å². The second kappa shape index (κ2) is 5.47. The second-order valence-corrected chi connectivity index (χ2v) is 4.82. The average molecular weight is 316 g/mol. The van der Waals surface area contributed by atoms with Crippen LogP contribution >= 0.6 is 27.5 Å². The number of nitrogens with zero attached hydrogens (tertiary/aromatic N) is 1. The molecule has 17 heavy (non-hydrogen) atoms. The van der Waals surface area contributed by atoms with Crippen LogP contribution in [-0.4, -0.2) is 4.98 Å². The number of anilines is 1.